The molecular weight excluding hydrogens is 333 g/mol. The third-order valence-electron chi connectivity index (χ3n) is 3.52. The van der Waals surface area contributed by atoms with Crippen LogP contribution in [-0.4, -0.2) is 28.0 Å². The van der Waals surface area contributed by atoms with E-state index in [-0.39, 0.29) is 4.90 Å². The first-order valence-electron chi connectivity index (χ1n) is 7.18. The van der Waals surface area contributed by atoms with Crippen LogP contribution < -0.4 is 4.31 Å². The number of carbonyl (C=O) groups excluding carboxylic acids is 1. The molecule has 0 aliphatic heterocycles. The van der Waals surface area contributed by atoms with E-state index in [1.807, 2.05) is 13.0 Å². The average molecular weight is 351 g/mol. The molecule has 128 valence electrons. The van der Waals surface area contributed by atoms with E-state index in [2.05, 4.69) is 4.74 Å². The molecule has 0 aromatic heterocycles. The zero-order chi connectivity index (χ0) is 17.9. The monoisotopic (exact) mass is 351 g/mol. The number of hydrogen-bond donors (Lipinski definition) is 0. The molecule has 0 atom stereocenters. The zero-order valence-electron chi connectivity index (χ0n) is 13.6. The predicted octanol–water partition coefficient (Wildman–Crippen LogP) is 2.81. The number of anilines is 1. The third-order valence-corrected chi connectivity index (χ3v) is 5.30. The Kier molecular flexibility index (Phi) is 5.23. The van der Waals surface area contributed by atoms with Gasteiger partial charge in [0, 0.05) is 0 Å². The normalized spacial score (nSPS) is 11.2. The highest BCUT2D eigenvalue weighted by Gasteiger charge is 2.28. The first-order chi connectivity index (χ1) is 11.3. The maximum absolute atomic E-state index is 13.1. The number of benzene rings is 2. The molecule has 0 unspecified atom stereocenters. The van der Waals surface area contributed by atoms with Gasteiger partial charge in [0.25, 0.3) is 10.0 Å². The fourth-order valence-corrected chi connectivity index (χ4v) is 3.77. The van der Waals surface area contributed by atoms with Crippen LogP contribution in [0.3, 0.4) is 0 Å². The minimum atomic E-state index is -4.05. The van der Waals surface area contributed by atoms with Crippen molar-refractivity contribution in [2.24, 2.45) is 0 Å². The molecule has 0 heterocycles. The Hall–Kier alpha value is -2.41. The second kappa shape index (κ2) is 7.00. The van der Waals surface area contributed by atoms with E-state index in [0.717, 1.165) is 22.0 Å². The summed E-state index contributed by atoms with van der Waals surface area (Å²) in [6.45, 7) is 3.17. The molecule has 0 fully saturated rings. The molecule has 0 radical (unpaired) electrons. The summed E-state index contributed by atoms with van der Waals surface area (Å²) in [7, 11) is -2.86. The molecule has 2 aromatic carbocycles. The average Bonchev–Trinajstić information content (AvgIpc) is 2.53. The summed E-state index contributed by atoms with van der Waals surface area (Å²) in [5, 5.41) is 0. The number of rotatable bonds is 5. The lowest BCUT2D eigenvalue weighted by atomic mass is 10.1. The van der Waals surface area contributed by atoms with E-state index in [1.165, 1.54) is 19.2 Å². The largest absolute Gasteiger partial charge is 0.468 e. The van der Waals surface area contributed by atoms with E-state index >= 15 is 0 Å². The molecule has 0 saturated carbocycles. The fraction of sp³-hybridized carbons (Fsp3) is 0.235. The van der Waals surface area contributed by atoms with E-state index in [9.17, 15) is 17.6 Å². The lowest BCUT2D eigenvalue weighted by Crippen LogP contribution is -2.36. The summed E-state index contributed by atoms with van der Waals surface area (Å²) >= 11 is 0. The molecule has 0 aliphatic rings. The van der Waals surface area contributed by atoms with E-state index in [1.54, 1.807) is 19.1 Å². The molecule has 0 N–H and O–H groups in total. The number of carbonyl (C=O) groups is 1. The van der Waals surface area contributed by atoms with E-state index in [0.29, 0.717) is 11.3 Å². The van der Waals surface area contributed by atoms with Crippen molar-refractivity contribution < 1.29 is 22.3 Å². The molecule has 24 heavy (non-hydrogen) atoms. The Morgan fingerprint density at radius 2 is 1.75 bits per heavy atom. The van der Waals surface area contributed by atoms with Gasteiger partial charge in [0.1, 0.15) is 12.4 Å². The van der Waals surface area contributed by atoms with Gasteiger partial charge in [0.15, 0.2) is 0 Å². The lowest BCUT2D eigenvalue weighted by Gasteiger charge is -2.25. The van der Waals surface area contributed by atoms with Crippen molar-refractivity contribution in [3.8, 4) is 0 Å². The van der Waals surface area contributed by atoms with Crippen molar-refractivity contribution in [1.29, 1.82) is 0 Å². The minimum absolute atomic E-state index is 0.104. The van der Waals surface area contributed by atoms with Crippen LogP contribution in [0.25, 0.3) is 0 Å². The highest BCUT2D eigenvalue weighted by Crippen LogP contribution is 2.27. The van der Waals surface area contributed by atoms with E-state index in [4.69, 9.17) is 0 Å². The number of nitrogens with zero attached hydrogens (tertiary/aromatic N) is 1. The number of hydrogen-bond acceptors (Lipinski definition) is 4. The maximum Gasteiger partial charge on any atom is 0.326 e. The summed E-state index contributed by atoms with van der Waals surface area (Å²) in [6.07, 6.45) is 0. The summed E-state index contributed by atoms with van der Waals surface area (Å²) in [5.41, 5.74) is 2.04. The maximum atomic E-state index is 13.1. The van der Waals surface area contributed by atoms with Crippen molar-refractivity contribution in [2.45, 2.75) is 18.7 Å². The van der Waals surface area contributed by atoms with Crippen molar-refractivity contribution in [1.82, 2.24) is 0 Å². The van der Waals surface area contributed by atoms with Gasteiger partial charge in [-0.05, 0) is 49.7 Å². The highest BCUT2D eigenvalue weighted by molar-refractivity contribution is 7.92. The van der Waals surface area contributed by atoms with Crippen LogP contribution >= 0.6 is 0 Å². The first-order valence-corrected chi connectivity index (χ1v) is 8.62. The van der Waals surface area contributed by atoms with Crippen LogP contribution in [0.4, 0.5) is 10.1 Å². The van der Waals surface area contributed by atoms with Crippen LogP contribution in [0.5, 0.6) is 0 Å². The van der Waals surface area contributed by atoms with Crippen molar-refractivity contribution in [3.05, 3.63) is 59.4 Å². The standard InChI is InChI=1S/C17H18FNO4S/c1-12-4-9-16(13(2)10-12)19(11-17(20)23-3)24(21,22)15-7-5-14(18)6-8-15/h4-10H,11H2,1-3H3. The SMILES string of the molecule is COC(=O)CN(c1ccc(C)cc1C)S(=O)(=O)c1ccc(F)cc1. The number of ether oxygens (including phenoxy) is 1. The Balaban J connectivity index is 2.57. The van der Waals surface area contributed by atoms with Gasteiger partial charge in [-0.15, -0.1) is 0 Å². The van der Waals surface area contributed by atoms with Crippen molar-refractivity contribution in [2.75, 3.05) is 18.0 Å². The number of sulfonamides is 1. The number of esters is 1. The van der Waals surface area contributed by atoms with Gasteiger partial charge in [-0.1, -0.05) is 17.7 Å². The quantitative estimate of drug-likeness (QED) is 0.777. The van der Waals surface area contributed by atoms with Crippen LogP contribution in [0, 0.1) is 19.7 Å². The highest BCUT2D eigenvalue weighted by atomic mass is 32.2. The number of methoxy groups -OCH3 is 1. The molecule has 2 rings (SSSR count). The van der Waals surface area contributed by atoms with E-state index < -0.39 is 28.4 Å². The van der Waals surface area contributed by atoms with Gasteiger partial charge in [0.2, 0.25) is 0 Å². The van der Waals surface area contributed by atoms with Gasteiger partial charge in [-0.25, -0.2) is 12.8 Å². The molecule has 2 aromatic rings. The fourth-order valence-electron chi connectivity index (χ4n) is 2.30. The van der Waals surface area contributed by atoms with Crippen molar-refractivity contribution in [3.63, 3.8) is 0 Å². The molecule has 0 amide bonds. The summed E-state index contributed by atoms with van der Waals surface area (Å²) < 4.78 is 44.5. The molecule has 0 aliphatic carbocycles. The van der Waals surface area contributed by atoms with Crippen LogP contribution in [0.1, 0.15) is 11.1 Å². The minimum Gasteiger partial charge on any atom is -0.468 e. The molecular formula is C17H18FNO4S. The molecule has 0 bridgehead atoms. The smallest absolute Gasteiger partial charge is 0.326 e. The first kappa shape index (κ1) is 17.9. The van der Waals surface area contributed by atoms with Gasteiger partial charge in [-0.2, -0.15) is 0 Å². The predicted molar refractivity (Wildman–Crippen MR) is 88.9 cm³/mol. The Bertz CT molecular complexity index is 847. The second-order valence-corrected chi connectivity index (χ2v) is 7.19. The van der Waals surface area contributed by atoms with Gasteiger partial charge in [0.05, 0.1) is 17.7 Å². The van der Waals surface area contributed by atoms with Crippen LogP contribution in [-0.2, 0) is 19.6 Å². The molecule has 7 heteroatoms. The van der Waals surface area contributed by atoms with Crippen LogP contribution in [0.2, 0.25) is 0 Å². The van der Waals surface area contributed by atoms with Gasteiger partial charge >= 0.3 is 5.97 Å². The summed E-state index contributed by atoms with van der Waals surface area (Å²) in [4.78, 5) is 11.6. The summed E-state index contributed by atoms with van der Waals surface area (Å²) in [5.74, 6) is -1.24. The second-order valence-electron chi connectivity index (χ2n) is 5.33. The Morgan fingerprint density at radius 1 is 1.12 bits per heavy atom. The van der Waals surface area contributed by atoms with Gasteiger partial charge in [-0.3, -0.25) is 9.10 Å². The molecule has 5 nitrogen and oxygen atoms in total. The van der Waals surface area contributed by atoms with Crippen LogP contribution in [0.15, 0.2) is 47.4 Å². The molecule has 0 saturated heterocycles. The number of aryl methyl sites for hydroxylation is 2. The van der Waals surface area contributed by atoms with Crippen molar-refractivity contribution >= 4 is 21.7 Å². The molecule has 0 spiro atoms. The van der Waals surface area contributed by atoms with Gasteiger partial charge < -0.3 is 4.74 Å². The summed E-state index contributed by atoms with van der Waals surface area (Å²) in [6, 6.07) is 9.66. The number of halogens is 1. The Morgan fingerprint density at radius 3 is 2.29 bits per heavy atom. The Labute approximate surface area is 140 Å². The third kappa shape index (κ3) is 3.73. The topological polar surface area (TPSA) is 63.7 Å². The zero-order valence-corrected chi connectivity index (χ0v) is 14.4. The lowest BCUT2D eigenvalue weighted by molar-refractivity contribution is -0.138.